The fourth-order valence-corrected chi connectivity index (χ4v) is 2.35. The summed E-state index contributed by atoms with van der Waals surface area (Å²) in [5, 5.41) is 14.3. The molecule has 112 valence electrons. The van der Waals surface area contributed by atoms with Crippen molar-refractivity contribution in [3.05, 3.63) is 39.9 Å². The molecule has 0 aliphatic rings. The van der Waals surface area contributed by atoms with Gasteiger partial charge in [-0.2, -0.15) is 0 Å². The molecule has 0 heterocycles. The number of nitro benzene ring substituents is 1. The molecule has 0 aliphatic carbocycles. The highest BCUT2D eigenvalue weighted by Gasteiger charge is 2.14. The van der Waals surface area contributed by atoms with Crippen LogP contribution in [0, 0.1) is 10.1 Å². The second kappa shape index (κ2) is 7.97. The van der Waals surface area contributed by atoms with Gasteiger partial charge >= 0.3 is 0 Å². The van der Waals surface area contributed by atoms with Crippen LogP contribution in [0.4, 0.5) is 5.69 Å². The first kappa shape index (κ1) is 16.6. The summed E-state index contributed by atoms with van der Waals surface area (Å²) in [4.78, 5) is 12.8. The van der Waals surface area contributed by atoms with Crippen LogP contribution in [0.2, 0.25) is 0 Å². The van der Waals surface area contributed by atoms with Crippen molar-refractivity contribution in [1.82, 2.24) is 10.2 Å². The Morgan fingerprint density at radius 3 is 2.50 bits per heavy atom. The third-order valence-electron chi connectivity index (χ3n) is 3.54. The van der Waals surface area contributed by atoms with Crippen LogP contribution in [-0.2, 0) is 0 Å². The van der Waals surface area contributed by atoms with Crippen LogP contribution in [0.1, 0.15) is 39.3 Å². The van der Waals surface area contributed by atoms with Gasteiger partial charge < -0.3 is 10.2 Å². The van der Waals surface area contributed by atoms with Gasteiger partial charge in [0.25, 0.3) is 5.69 Å². The van der Waals surface area contributed by atoms with Crippen molar-refractivity contribution >= 4 is 5.69 Å². The number of hydrogen-bond donors (Lipinski definition) is 1. The summed E-state index contributed by atoms with van der Waals surface area (Å²) >= 11 is 0. The molecule has 0 bridgehead atoms. The first-order chi connectivity index (χ1) is 9.47. The van der Waals surface area contributed by atoms with Gasteiger partial charge in [-0.15, -0.1) is 0 Å². The lowest BCUT2D eigenvalue weighted by Crippen LogP contribution is -2.40. The average Bonchev–Trinajstić information content (AvgIpc) is 2.44. The Labute approximate surface area is 121 Å². The van der Waals surface area contributed by atoms with Gasteiger partial charge in [0.2, 0.25) is 0 Å². The Morgan fingerprint density at radius 1 is 1.30 bits per heavy atom. The minimum atomic E-state index is -0.352. The maximum atomic E-state index is 10.8. The standard InChI is InChI=1S/C15H25N3O2/c1-5-17(6-2)11-12(3)16-13(4)14-8-7-9-15(10-14)18(19)20/h7-10,12-13,16H,5-6,11H2,1-4H3. The van der Waals surface area contributed by atoms with E-state index in [9.17, 15) is 10.1 Å². The largest absolute Gasteiger partial charge is 0.306 e. The molecule has 1 rings (SSSR count). The summed E-state index contributed by atoms with van der Waals surface area (Å²) in [6.45, 7) is 11.5. The van der Waals surface area contributed by atoms with Crippen molar-refractivity contribution in [2.75, 3.05) is 19.6 Å². The number of benzene rings is 1. The molecule has 5 nitrogen and oxygen atoms in total. The lowest BCUT2D eigenvalue weighted by molar-refractivity contribution is -0.384. The van der Waals surface area contributed by atoms with E-state index in [1.807, 2.05) is 13.0 Å². The highest BCUT2D eigenvalue weighted by molar-refractivity contribution is 5.35. The zero-order valence-corrected chi connectivity index (χ0v) is 12.8. The number of rotatable bonds is 8. The van der Waals surface area contributed by atoms with Crippen LogP contribution < -0.4 is 5.32 Å². The van der Waals surface area contributed by atoms with Crippen LogP contribution >= 0.6 is 0 Å². The fraction of sp³-hybridized carbons (Fsp3) is 0.600. The maximum Gasteiger partial charge on any atom is 0.269 e. The van der Waals surface area contributed by atoms with E-state index < -0.39 is 0 Å². The van der Waals surface area contributed by atoms with Crippen molar-refractivity contribution in [2.45, 2.75) is 39.8 Å². The summed E-state index contributed by atoms with van der Waals surface area (Å²) in [6, 6.07) is 7.26. The number of hydrogen-bond acceptors (Lipinski definition) is 4. The molecule has 0 saturated carbocycles. The van der Waals surface area contributed by atoms with Crippen LogP contribution in [0.25, 0.3) is 0 Å². The number of nitrogens with zero attached hydrogens (tertiary/aromatic N) is 2. The summed E-state index contributed by atoms with van der Waals surface area (Å²) in [5.41, 5.74) is 1.10. The zero-order valence-electron chi connectivity index (χ0n) is 12.8. The second-order valence-corrected chi connectivity index (χ2v) is 5.13. The van der Waals surface area contributed by atoms with Gasteiger partial charge in [0.1, 0.15) is 0 Å². The summed E-state index contributed by atoms with van der Waals surface area (Å²) < 4.78 is 0. The molecule has 1 aromatic rings. The molecular formula is C15H25N3O2. The number of likely N-dealkylation sites (N-methyl/N-ethyl adjacent to an activating group) is 1. The molecule has 0 fully saturated rings. The van der Waals surface area contributed by atoms with Crippen molar-refractivity contribution in [3.63, 3.8) is 0 Å². The molecule has 1 aromatic carbocycles. The Balaban J connectivity index is 2.63. The average molecular weight is 279 g/mol. The third kappa shape index (κ3) is 4.90. The number of nitro groups is 1. The Bertz CT molecular complexity index is 433. The molecule has 0 aromatic heterocycles. The smallest absolute Gasteiger partial charge is 0.269 e. The van der Waals surface area contributed by atoms with E-state index in [1.54, 1.807) is 12.1 Å². The van der Waals surface area contributed by atoms with E-state index in [0.717, 1.165) is 25.2 Å². The summed E-state index contributed by atoms with van der Waals surface area (Å²) in [7, 11) is 0. The molecule has 0 radical (unpaired) electrons. The Hall–Kier alpha value is -1.46. The topological polar surface area (TPSA) is 58.4 Å². The van der Waals surface area contributed by atoms with E-state index in [-0.39, 0.29) is 16.7 Å². The molecule has 2 atom stereocenters. The Morgan fingerprint density at radius 2 is 1.95 bits per heavy atom. The molecule has 5 heteroatoms. The van der Waals surface area contributed by atoms with Gasteiger partial charge in [-0.05, 0) is 32.5 Å². The lowest BCUT2D eigenvalue weighted by atomic mass is 10.1. The summed E-state index contributed by atoms with van der Waals surface area (Å²) in [6.07, 6.45) is 0. The highest BCUT2D eigenvalue weighted by Crippen LogP contribution is 2.19. The molecule has 0 aliphatic heterocycles. The van der Waals surface area contributed by atoms with Crippen LogP contribution in [0.15, 0.2) is 24.3 Å². The molecule has 0 spiro atoms. The van der Waals surface area contributed by atoms with E-state index >= 15 is 0 Å². The van der Waals surface area contributed by atoms with Crippen molar-refractivity contribution in [1.29, 1.82) is 0 Å². The van der Waals surface area contributed by atoms with Gasteiger partial charge in [-0.3, -0.25) is 10.1 Å². The molecule has 0 amide bonds. The van der Waals surface area contributed by atoms with E-state index in [0.29, 0.717) is 6.04 Å². The Kier molecular flexibility index (Phi) is 6.61. The van der Waals surface area contributed by atoms with E-state index in [1.165, 1.54) is 6.07 Å². The first-order valence-corrected chi connectivity index (χ1v) is 7.20. The predicted molar refractivity (Wildman–Crippen MR) is 81.9 cm³/mol. The SMILES string of the molecule is CCN(CC)CC(C)NC(C)c1cccc([N+](=O)[O-])c1. The minimum absolute atomic E-state index is 0.0977. The minimum Gasteiger partial charge on any atom is -0.306 e. The van der Waals surface area contributed by atoms with E-state index in [2.05, 4.69) is 31.0 Å². The van der Waals surface area contributed by atoms with Gasteiger partial charge in [-0.1, -0.05) is 26.0 Å². The quantitative estimate of drug-likeness (QED) is 0.587. The van der Waals surface area contributed by atoms with Crippen molar-refractivity contribution in [3.8, 4) is 0 Å². The fourth-order valence-electron chi connectivity index (χ4n) is 2.35. The molecule has 0 saturated heterocycles. The van der Waals surface area contributed by atoms with Crippen LogP contribution in [-0.4, -0.2) is 35.5 Å². The monoisotopic (exact) mass is 279 g/mol. The van der Waals surface area contributed by atoms with Gasteiger partial charge in [0.05, 0.1) is 4.92 Å². The third-order valence-corrected chi connectivity index (χ3v) is 3.54. The lowest BCUT2D eigenvalue weighted by Gasteiger charge is -2.26. The first-order valence-electron chi connectivity index (χ1n) is 7.20. The highest BCUT2D eigenvalue weighted by atomic mass is 16.6. The number of nitrogens with one attached hydrogen (secondary N) is 1. The molecular weight excluding hydrogens is 254 g/mol. The zero-order chi connectivity index (χ0) is 15.1. The van der Waals surface area contributed by atoms with Crippen molar-refractivity contribution in [2.24, 2.45) is 0 Å². The molecule has 20 heavy (non-hydrogen) atoms. The van der Waals surface area contributed by atoms with Gasteiger partial charge in [-0.25, -0.2) is 0 Å². The molecule has 2 unspecified atom stereocenters. The maximum absolute atomic E-state index is 10.8. The predicted octanol–water partition coefficient (Wildman–Crippen LogP) is 2.98. The van der Waals surface area contributed by atoms with Crippen LogP contribution in [0.5, 0.6) is 0 Å². The normalized spacial score (nSPS) is 14.2. The molecule has 1 N–H and O–H groups in total. The number of non-ortho nitro benzene ring substituents is 1. The van der Waals surface area contributed by atoms with Gasteiger partial charge in [0, 0.05) is 30.8 Å². The van der Waals surface area contributed by atoms with Crippen LogP contribution in [0.3, 0.4) is 0 Å². The van der Waals surface area contributed by atoms with Crippen molar-refractivity contribution < 1.29 is 4.92 Å². The van der Waals surface area contributed by atoms with Gasteiger partial charge in [0.15, 0.2) is 0 Å². The van der Waals surface area contributed by atoms with E-state index in [4.69, 9.17) is 0 Å². The second-order valence-electron chi connectivity index (χ2n) is 5.13. The summed E-state index contributed by atoms with van der Waals surface area (Å²) in [5.74, 6) is 0.